The van der Waals surface area contributed by atoms with Gasteiger partial charge in [0.05, 0.1) is 19.1 Å². The number of methoxy groups -OCH3 is 1. The van der Waals surface area contributed by atoms with Gasteiger partial charge in [0, 0.05) is 32.2 Å². The van der Waals surface area contributed by atoms with Crippen molar-refractivity contribution >= 4 is 17.7 Å². The molecule has 0 spiro atoms. The molecule has 30 heavy (non-hydrogen) atoms. The van der Waals surface area contributed by atoms with Crippen molar-refractivity contribution in [1.29, 1.82) is 0 Å². The topological polar surface area (TPSA) is 101 Å². The molecule has 0 aliphatic carbocycles. The normalized spacial score (nSPS) is 14.0. The molecule has 0 saturated heterocycles. The molecular formula is C22H33NO7. The van der Waals surface area contributed by atoms with Crippen LogP contribution in [0.3, 0.4) is 0 Å². The van der Waals surface area contributed by atoms with E-state index >= 15 is 0 Å². The van der Waals surface area contributed by atoms with Gasteiger partial charge in [-0.05, 0) is 19.3 Å². The second kappa shape index (κ2) is 12.3. The van der Waals surface area contributed by atoms with Gasteiger partial charge in [-0.2, -0.15) is 0 Å². The van der Waals surface area contributed by atoms with Crippen molar-refractivity contribution in [3.05, 3.63) is 18.0 Å². The number of rotatable bonds is 12. The number of aromatic nitrogens is 1. The molecule has 1 rings (SSSR count). The lowest BCUT2D eigenvalue weighted by Crippen LogP contribution is -2.37. The van der Waals surface area contributed by atoms with E-state index in [9.17, 15) is 14.4 Å². The van der Waals surface area contributed by atoms with Crippen LogP contribution in [0.5, 0.6) is 11.5 Å². The predicted octanol–water partition coefficient (Wildman–Crippen LogP) is 3.61. The molecule has 0 aromatic carbocycles. The van der Waals surface area contributed by atoms with Crippen LogP contribution in [-0.2, 0) is 19.1 Å². The first-order chi connectivity index (χ1) is 14.1. The predicted molar refractivity (Wildman–Crippen MR) is 111 cm³/mol. The molecule has 0 amide bonds. The molecule has 1 aromatic heterocycles. The Morgan fingerprint density at radius 3 is 2.33 bits per heavy atom. The molecule has 3 atom stereocenters. The molecule has 8 nitrogen and oxygen atoms in total. The maximum absolute atomic E-state index is 12.8. The third-order valence-corrected chi connectivity index (χ3v) is 4.43. The quantitative estimate of drug-likeness (QED) is 0.371. The number of pyridine rings is 1. The maximum atomic E-state index is 12.8. The highest BCUT2D eigenvalue weighted by Crippen LogP contribution is 2.31. The number of esters is 2. The summed E-state index contributed by atoms with van der Waals surface area (Å²) >= 11 is 0. The summed E-state index contributed by atoms with van der Waals surface area (Å²) < 4.78 is 21.6. The Morgan fingerprint density at radius 2 is 1.80 bits per heavy atom. The molecule has 0 bridgehead atoms. The molecule has 0 radical (unpaired) electrons. The van der Waals surface area contributed by atoms with Crippen LogP contribution in [0.1, 0.15) is 64.9 Å². The number of carbonyl (C=O) groups excluding carboxylic acids is 3. The van der Waals surface area contributed by atoms with Crippen LogP contribution in [-0.4, -0.2) is 48.6 Å². The van der Waals surface area contributed by atoms with Crippen molar-refractivity contribution in [2.45, 2.75) is 66.6 Å². The van der Waals surface area contributed by atoms with E-state index in [4.69, 9.17) is 18.9 Å². The summed E-state index contributed by atoms with van der Waals surface area (Å²) in [7, 11) is 1.39. The van der Waals surface area contributed by atoms with Crippen molar-refractivity contribution in [2.24, 2.45) is 11.8 Å². The Balaban J connectivity index is 2.87. The van der Waals surface area contributed by atoms with Crippen molar-refractivity contribution in [2.75, 3.05) is 13.7 Å². The summed E-state index contributed by atoms with van der Waals surface area (Å²) in [5.74, 6) is -1.95. The Labute approximate surface area is 178 Å². The summed E-state index contributed by atoms with van der Waals surface area (Å²) in [6.07, 6.45) is 1.41. The summed E-state index contributed by atoms with van der Waals surface area (Å²) in [5, 5.41) is 0. The van der Waals surface area contributed by atoms with Crippen LogP contribution in [0.2, 0.25) is 0 Å². The van der Waals surface area contributed by atoms with E-state index in [0.717, 1.165) is 6.42 Å². The fourth-order valence-electron chi connectivity index (χ4n) is 2.98. The van der Waals surface area contributed by atoms with Crippen LogP contribution in [0.15, 0.2) is 12.3 Å². The van der Waals surface area contributed by atoms with Crippen LogP contribution >= 0.6 is 0 Å². The number of hydrogen-bond donors (Lipinski definition) is 0. The van der Waals surface area contributed by atoms with Gasteiger partial charge < -0.3 is 18.9 Å². The van der Waals surface area contributed by atoms with E-state index < -0.39 is 29.7 Å². The van der Waals surface area contributed by atoms with Crippen LogP contribution < -0.4 is 9.47 Å². The van der Waals surface area contributed by atoms with Crippen LogP contribution in [0.4, 0.5) is 0 Å². The van der Waals surface area contributed by atoms with Crippen LogP contribution in [0, 0.1) is 11.8 Å². The SMILES string of the molecule is CCCO[C@@H](C(C)C)[C@H](C)OC(=O)[C@H](C)CC(=O)c1nccc(OC)c1OC(C)=O. The van der Waals surface area contributed by atoms with Gasteiger partial charge in [0.2, 0.25) is 5.75 Å². The van der Waals surface area contributed by atoms with E-state index in [2.05, 4.69) is 4.98 Å². The molecule has 0 aliphatic heterocycles. The van der Waals surface area contributed by atoms with Crippen LogP contribution in [0.25, 0.3) is 0 Å². The highest BCUT2D eigenvalue weighted by Gasteiger charge is 2.29. The smallest absolute Gasteiger partial charge is 0.309 e. The number of nitrogens with zero attached hydrogens (tertiary/aromatic N) is 1. The van der Waals surface area contributed by atoms with E-state index in [1.807, 2.05) is 20.8 Å². The Morgan fingerprint density at radius 1 is 1.13 bits per heavy atom. The molecule has 1 heterocycles. The first kappa shape index (κ1) is 25.6. The minimum atomic E-state index is -0.711. The van der Waals surface area contributed by atoms with Gasteiger partial charge in [0.25, 0.3) is 0 Å². The molecule has 1 aromatic rings. The zero-order chi connectivity index (χ0) is 22.8. The van der Waals surface area contributed by atoms with Crippen molar-refractivity contribution in [3.8, 4) is 11.5 Å². The molecule has 0 saturated carbocycles. The van der Waals surface area contributed by atoms with E-state index in [0.29, 0.717) is 6.61 Å². The standard InChI is InChI=1S/C22H33NO7/c1-8-11-28-20(13(2)3)15(5)29-22(26)14(4)12-17(25)19-21(30-16(6)24)18(27-7)9-10-23-19/h9-10,13-15,20H,8,11-12H2,1-7H3/t14-,15+,20+/m1/s1. The lowest BCUT2D eigenvalue weighted by atomic mass is 10.0. The van der Waals surface area contributed by atoms with Crippen molar-refractivity contribution < 1.29 is 33.3 Å². The molecule has 0 unspecified atom stereocenters. The summed E-state index contributed by atoms with van der Waals surface area (Å²) in [6, 6.07) is 1.48. The van der Waals surface area contributed by atoms with Crippen molar-refractivity contribution in [3.63, 3.8) is 0 Å². The number of ether oxygens (including phenoxy) is 4. The summed E-state index contributed by atoms with van der Waals surface area (Å²) in [5.41, 5.74) is -0.0661. The third-order valence-electron chi connectivity index (χ3n) is 4.43. The van der Waals surface area contributed by atoms with Gasteiger partial charge >= 0.3 is 11.9 Å². The minimum absolute atomic E-state index is 0.0562. The fourth-order valence-corrected chi connectivity index (χ4v) is 2.98. The first-order valence-electron chi connectivity index (χ1n) is 10.2. The van der Waals surface area contributed by atoms with E-state index in [1.165, 1.54) is 26.3 Å². The van der Waals surface area contributed by atoms with Gasteiger partial charge in [-0.25, -0.2) is 4.98 Å². The van der Waals surface area contributed by atoms with Gasteiger partial charge in [0.15, 0.2) is 17.2 Å². The molecule has 168 valence electrons. The third kappa shape index (κ3) is 7.40. The maximum Gasteiger partial charge on any atom is 0.309 e. The zero-order valence-electron chi connectivity index (χ0n) is 18.9. The lowest BCUT2D eigenvalue weighted by molar-refractivity contribution is -0.162. The highest BCUT2D eigenvalue weighted by molar-refractivity contribution is 5.99. The molecular weight excluding hydrogens is 390 g/mol. The largest absolute Gasteiger partial charge is 0.493 e. The number of ketones is 1. The Hall–Kier alpha value is -2.48. The monoisotopic (exact) mass is 423 g/mol. The van der Waals surface area contributed by atoms with Gasteiger partial charge in [0.1, 0.15) is 6.10 Å². The number of Topliss-reactive ketones (excluding diaryl/α,β-unsaturated/α-hetero) is 1. The first-order valence-corrected chi connectivity index (χ1v) is 10.2. The van der Waals surface area contributed by atoms with E-state index in [1.54, 1.807) is 13.8 Å². The average Bonchev–Trinajstić information content (AvgIpc) is 2.67. The van der Waals surface area contributed by atoms with Gasteiger partial charge in [-0.3, -0.25) is 14.4 Å². The van der Waals surface area contributed by atoms with Crippen molar-refractivity contribution in [1.82, 2.24) is 4.98 Å². The number of carbonyl (C=O) groups is 3. The second-order valence-electron chi connectivity index (χ2n) is 7.53. The Kier molecular flexibility index (Phi) is 10.5. The number of hydrogen-bond acceptors (Lipinski definition) is 8. The van der Waals surface area contributed by atoms with Gasteiger partial charge in [-0.1, -0.05) is 27.7 Å². The zero-order valence-corrected chi connectivity index (χ0v) is 18.9. The summed E-state index contributed by atoms with van der Waals surface area (Å²) in [4.78, 5) is 40.7. The van der Waals surface area contributed by atoms with E-state index in [-0.39, 0.29) is 35.6 Å². The Bertz CT molecular complexity index is 732. The minimum Gasteiger partial charge on any atom is -0.493 e. The molecule has 0 fully saturated rings. The molecule has 8 heteroatoms. The lowest BCUT2D eigenvalue weighted by Gasteiger charge is -2.28. The second-order valence-corrected chi connectivity index (χ2v) is 7.53. The average molecular weight is 424 g/mol. The molecule has 0 aliphatic rings. The summed E-state index contributed by atoms with van der Waals surface area (Å²) in [6.45, 7) is 11.2. The molecule has 0 N–H and O–H groups in total. The fraction of sp³-hybridized carbons (Fsp3) is 0.636. The van der Waals surface area contributed by atoms with Gasteiger partial charge in [-0.15, -0.1) is 0 Å². The highest BCUT2D eigenvalue weighted by atomic mass is 16.6.